The Kier molecular flexibility index (Phi) is 4.58. The maximum absolute atomic E-state index is 10.8. The zero-order chi connectivity index (χ0) is 13.0. The minimum atomic E-state index is -0.249. The van der Waals surface area contributed by atoms with Crippen LogP contribution in [0.25, 0.3) is 0 Å². The van der Waals surface area contributed by atoms with E-state index in [1.165, 1.54) is 5.56 Å². The van der Waals surface area contributed by atoms with Crippen LogP contribution in [0, 0.1) is 0 Å². The Hall–Kier alpha value is -1.10. The van der Waals surface area contributed by atoms with Crippen molar-refractivity contribution in [2.45, 2.75) is 6.54 Å². The monoisotopic (exact) mass is 267 g/mol. The predicted octanol–water partition coefficient (Wildman–Crippen LogP) is 0.943. The van der Waals surface area contributed by atoms with Gasteiger partial charge in [0.25, 0.3) is 0 Å². The van der Waals surface area contributed by atoms with Gasteiger partial charge in [0.1, 0.15) is 0 Å². The molecule has 18 heavy (non-hydrogen) atoms. The van der Waals surface area contributed by atoms with Crippen LogP contribution in [0.15, 0.2) is 24.3 Å². The quantitative estimate of drug-likeness (QED) is 0.884. The molecule has 1 aromatic carbocycles. The molecule has 1 fully saturated rings. The zero-order valence-electron chi connectivity index (χ0n) is 10.3. The first kappa shape index (κ1) is 13.3. The molecule has 5 heteroatoms. The van der Waals surface area contributed by atoms with Crippen molar-refractivity contribution in [1.82, 2.24) is 9.80 Å². The molecule has 98 valence electrons. The lowest BCUT2D eigenvalue weighted by molar-refractivity contribution is -0.119. The van der Waals surface area contributed by atoms with Crippen LogP contribution in [-0.4, -0.2) is 48.4 Å². The summed E-state index contributed by atoms with van der Waals surface area (Å²) in [6.07, 6.45) is 0. The summed E-state index contributed by atoms with van der Waals surface area (Å²) < 4.78 is 0. The molecule has 0 aromatic heterocycles. The summed E-state index contributed by atoms with van der Waals surface area (Å²) in [5, 5.41) is 0.769. The number of benzene rings is 1. The first-order chi connectivity index (χ1) is 8.63. The second-order valence-electron chi connectivity index (χ2n) is 4.65. The van der Waals surface area contributed by atoms with E-state index in [0.29, 0.717) is 6.54 Å². The summed E-state index contributed by atoms with van der Waals surface area (Å²) in [7, 11) is 0. The van der Waals surface area contributed by atoms with Crippen molar-refractivity contribution in [2.75, 3.05) is 32.7 Å². The summed E-state index contributed by atoms with van der Waals surface area (Å²) in [5.41, 5.74) is 6.46. The number of piperazine rings is 1. The topological polar surface area (TPSA) is 49.6 Å². The second-order valence-corrected chi connectivity index (χ2v) is 5.08. The number of rotatable bonds is 4. The molecular formula is C13H18ClN3O. The number of hydrogen-bond donors (Lipinski definition) is 1. The van der Waals surface area contributed by atoms with Crippen molar-refractivity contribution in [3.63, 3.8) is 0 Å². The Labute approximate surface area is 112 Å². The molecule has 0 unspecified atom stereocenters. The molecule has 4 nitrogen and oxygen atoms in total. The number of hydrogen-bond acceptors (Lipinski definition) is 3. The predicted molar refractivity (Wildman–Crippen MR) is 72.4 cm³/mol. The van der Waals surface area contributed by atoms with Crippen LogP contribution in [0.4, 0.5) is 0 Å². The highest BCUT2D eigenvalue weighted by atomic mass is 35.5. The standard InChI is InChI=1S/C13H18ClN3O/c14-12-3-1-11(2-4-12)9-16-5-7-17(8-6-16)10-13(15)18/h1-4H,5-10H2,(H2,15,18). The van der Waals surface area contributed by atoms with Gasteiger partial charge in [0.2, 0.25) is 5.91 Å². The zero-order valence-corrected chi connectivity index (χ0v) is 11.1. The van der Waals surface area contributed by atoms with Gasteiger partial charge in [-0.15, -0.1) is 0 Å². The smallest absolute Gasteiger partial charge is 0.231 e. The molecule has 2 rings (SSSR count). The van der Waals surface area contributed by atoms with Gasteiger partial charge in [0, 0.05) is 37.7 Å². The van der Waals surface area contributed by atoms with E-state index in [-0.39, 0.29) is 5.91 Å². The van der Waals surface area contributed by atoms with Gasteiger partial charge < -0.3 is 5.73 Å². The number of nitrogens with two attached hydrogens (primary N) is 1. The molecule has 1 aliphatic rings. The molecule has 0 bridgehead atoms. The number of carbonyl (C=O) groups is 1. The average molecular weight is 268 g/mol. The van der Waals surface area contributed by atoms with Crippen LogP contribution in [0.2, 0.25) is 5.02 Å². The molecule has 1 aliphatic heterocycles. The van der Waals surface area contributed by atoms with E-state index in [1.807, 2.05) is 12.1 Å². The summed E-state index contributed by atoms with van der Waals surface area (Å²) in [6.45, 7) is 5.04. The van der Waals surface area contributed by atoms with Gasteiger partial charge in [-0.3, -0.25) is 14.6 Å². The summed E-state index contributed by atoms with van der Waals surface area (Å²) in [6, 6.07) is 7.94. The SMILES string of the molecule is NC(=O)CN1CCN(Cc2ccc(Cl)cc2)CC1. The van der Waals surface area contributed by atoms with Gasteiger partial charge in [-0.25, -0.2) is 0 Å². The molecule has 0 aliphatic carbocycles. The van der Waals surface area contributed by atoms with Crippen LogP contribution in [0.3, 0.4) is 0 Å². The van der Waals surface area contributed by atoms with E-state index >= 15 is 0 Å². The highest BCUT2D eigenvalue weighted by Crippen LogP contribution is 2.12. The van der Waals surface area contributed by atoms with E-state index in [4.69, 9.17) is 17.3 Å². The third kappa shape index (κ3) is 3.98. The van der Waals surface area contributed by atoms with Crippen molar-refractivity contribution >= 4 is 17.5 Å². The van der Waals surface area contributed by atoms with Gasteiger partial charge >= 0.3 is 0 Å². The first-order valence-corrected chi connectivity index (χ1v) is 6.49. The van der Waals surface area contributed by atoms with Crippen molar-refractivity contribution in [1.29, 1.82) is 0 Å². The molecule has 2 N–H and O–H groups in total. The third-order valence-electron chi connectivity index (χ3n) is 3.16. The van der Waals surface area contributed by atoms with Crippen LogP contribution >= 0.6 is 11.6 Å². The van der Waals surface area contributed by atoms with Gasteiger partial charge in [-0.1, -0.05) is 23.7 Å². The van der Waals surface area contributed by atoms with Crippen LogP contribution < -0.4 is 5.73 Å². The molecule has 1 heterocycles. The van der Waals surface area contributed by atoms with Gasteiger partial charge in [0.05, 0.1) is 6.54 Å². The maximum atomic E-state index is 10.8. The normalized spacial score (nSPS) is 17.8. The lowest BCUT2D eigenvalue weighted by Crippen LogP contribution is -2.48. The number of nitrogens with zero attached hydrogens (tertiary/aromatic N) is 2. The highest BCUT2D eigenvalue weighted by Gasteiger charge is 2.17. The van der Waals surface area contributed by atoms with Crippen molar-refractivity contribution in [2.24, 2.45) is 5.73 Å². The lowest BCUT2D eigenvalue weighted by Gasteiger charge is -2.34. The second kappa shape index (κ2) is 6.18. The lowest BCUT2D eigenvalue weighted by atomic mass is 10.2. The highest BCUT2D eigenvalue weighted by molar-refractivity contribution is 6.30. The van der Waals surface area contributed by atoms with Crippen molar-refractivity contribution in [3.05, 3.63) is 34.9 Å². The van der Waals surface area contributed by atoms with Crippen LogP contribution in [0.1, 0.15) is 5.56 Å². The van der Waals surface area contributed by atoms with Crippen LogP contribution in [-0.2, 0) is 11.3 Å². The summed E-state index contributed by atoms with van der Waals surface area (Å²) in [4.78, 5) is 15.3. The van der Waals surface area contributed by atoms with Gasteiger partial charge in [-0.2, -0.15) is 0 Å². The summed E-state index contributed by atoms with van der Waals surface area (Å²) in [5.74, 6) is -0.249. The van der Waals surface area contributed by atoms with E-state index in [2.05, 4.69) is 21.9 Å². The van der Waals surface area contributed by atoms with Crippen LogP contribution in [0.5, 0.6) is 0 Å². The largest absolute Gasteiger partial charge is 0.369 e. The maximum Gasteiger partial charge on any atom is 0.231 e. The van der Waals surface area contributed by atoms with E-state index < -0.39 is 0 Å². The molecule has 0 saturated carbocycles. The average Bonchev–Trinajstić information content (AvgIpc) is 2.34. The fourth-order valence-corrected chi connectivity index (χ4v) is 2.30. The fraction of sp³-hybridized carbons (Fsp3) is 0.462. The number of carbonyl (C=O) groups excluding carboxylic acids is 1. The molecule has 0 spiro atoms. The van der Waals surface area contributed by atoms with Gasteiger partial charge in [-0.05, 0) is 17.7 Å². The molecular weight excluding hydrogens is 250 g/mol. The van der Waals surface area contributed by atoms with Gasteiger partial charge in [0.15, 0.2) is 0 Å². The number of primary amides is 1. The molecule has 0 radical (unpaired) electrons. The molecule has 1 aromatic rings. The Bertz CT molecular complexity index is 399. The Morgan fingerprint density at radius 2 is 1.67 bits per heavy atom. The van der Waals surface area contributed by atoms with E-state index in [0.717, 1.165) is 37.7 Å². The Balaban J connectivity index is 1.79. The molecule has 0 atom stereocenters. The Morgan fingerprint density at radius 1 is 1.11 bits per heavy atom. The van der Waals surface area contributed by atoms with Crippen molar-refractivity contribution < 1.29 is 4.79 Å². The molecule has 1 saturated heterocycles. The van der Waals surface area contributed by atoms with Crippen molar-refractivity contribution in [3.8, 4) is 0 Å². The minimum Gasteiger partial charge on any atom is -0.369 e. The third-order valence-corrected chi connectivity index (χ3v) is 3.42. The summed E-state index contributed by atoms with van der Waals surface area (Å²) >= 11 is 5.86. The minimum absolute atomic E-state index is 0.249. The molecule has 1 amide bonds. The number of amides is 1. The van der Waals surface area contributed by atoms with E-state index in [9.17, 15) is 4.79 Å². The Morgan fingerprint density at radius 3 is 2.22 bits per heavy atom. The fourth-order valence-electron chi connectivity index (χ4n) is 2.17. The first-order valence-electron chi connectivity index (χ1n) is 6.11. The van der Waals surface area contributed by atoms with E-state index in [1.54, 1.807) is 0 Å². The number of halogens is 1.